The Morgan fingerprint density at radius 3 is 2.16 bits per heavy atom. The van der Waals surface area contributed by atoms with Gasteiger partial charge in [-0.1, -0.05) is 12.1 Å². The molecule has 0 saturated carbocycles. The predicted molar refractivity (Wildman–Crippen MR) is 123 cm³/mol. The summed E-state index contributed by atoms with van der Waals surface area (Å²) in [5.41, 5.74) is 1.95. The zero-order valence-electron chi connectivity index (χ0n) is 19.4. The Labute approximate surface area is 190 Å². The van der Waals surface area contributed by atoms with Gasteiger partial charge in [-0.15, -0.1) is 0 Å². The smallest absolute Gasteiger partial charge is 0.203 e. The van der Waals surface area contributed by atoms with Gasteiger partial charge in [0.15, 0.2) is 11.5 Å². The van der Waals surface area contributed by atoms with E-state index < -0.39 is 6.10 Å². The number of hydrogen-bond donors (Lipinski definition) is 1. The normalized spacial score (nSPS) is 15.3. The molecule has 0 amide bonds. The molecular weight excluding hydrogens is 412 g/mol. The van der Waals surface area contributed by atoms with E-state index in [2.05, 4.69) is 15.9 Å². The molecule has 0 aliphatic carbocycles. The molecule has 1 atom stereocenters. The van der Waals surface area contributed by atoms with Crippen LogP contribution in [0.1, 0.15) is 5.56 Å². The lowest BCUT2D eigenvalue weighted by Crippen LogP contribution is -2.49. The summed E-state index contributed by atoms with van der Waals surface area (Å²) in [6.45, 7) is 4.64. The molecular formula is C24H34N2O6. The van der Waals surface area contributed by atoms with Gasteiger partial charge in [0.25, 0.3) is 0 Å². The summed E-state index contributed by atoms with van der Waals surface area (Å²) in [7, 11) is 6.44. The summed E-state index contributed by atoms with van der Waals surface area (Å²) in [6.07, 6.45) is -0.570. The minimum absolute atomic E-state index is 0.240. The van der Waals surface area contributed by atoms with Crippen molar-refractivity contribution >= 4 is 5.69 Å². The van der Waals surface area contributed by atoms with Crippen LogP contribution in [-0.2, 0) is 11.3 Å². The second kappa shape index (κ2) is 11.8. The monoisotopic (exact) mass is 446 g/mol. The average molecular weight is 447 g/mol. The highest BCUT2D eigenvalue weighted by molar-refractivity contribution is 5.58. The van der Waals surface area contributed by atoms with Crippen LogP contribution in [0.3, 0.4) is 0 Å². The van der Waals surface area contributed by atoms with E-state index in [0.29, 0.717) is 30.4 Å². The number of para-hydroxylation sites is 2. The van der Waals surface area contributed by atoms with Gasteiger partial charge in [-0.2, -0.15) is 0 Å². The van der Waals surface area contributed by atoms with Crippen LogP contribution in [0.25, 0.3) is 0 Å². The number of nitrogens with zero attached hydrogens (tertiary/aromatic N) is 2. The van der Waals surface area contributed by atoms with Crippen LogP contribution in [0.4, 0.5) is 5.69 Å². The fraction of sp³-hybridized carbons (Fsp3) is 0.500. The Balaban J connectivity index is 1.46. The van der Waals surface area contributed by atoms with Gasteiger partial charge in [0.1, 0.15) is 5.75 Å². The molecule has 1 fully saturated rings. The fourth-order valence-electron chi connectivity index (χ4n) is 3.99. The first-order chi connectivity index (χ1) is 15.6. The van der Waals surface area contributed by atoms with Crippen molar-refractivity contribution in [2.24, 2.45) is 0 Å². The van der Waals surface area contributed by atoms with Gasteiger partial charge in [0.2, 0.25) is 5.75 Å². The van der Waals surface area contributed by atoms with E-state index in [9.17, 15) is 5.11 Å². The number of piperazine rings is 1. The molecule has 2 aromatic carbocycles. The molecule has 1 aliphatic rings. The molecule has 2 aromatic rings. The number of methoxy groups -OCH3 is 4. The van der Waals surface area contributed by atoms with Crippen molar-refractivity contribution in [3.05, 3.63) is 42.0 Å². The second-order valence-corrected chi connectivity index (χ2v) is 7.62. The highest BCUT2D eigenvalue weighted by Gasteiger charge is 2.22. The summed E-state index contributed by atoms with van der Waals surface area (Å²) in [4.78, 5) is 4.58. The number of aliphatic hydroxyl groups is 1. The summed E-state index contributed by atoms with van der Waals surface area (Å²) in [5, 5.41) is 10.5. The lowest BCUT2D eigenvalue weighted by molar-refractivity contribution is 0.00857. The van der Waals surface area contributed by atoms with Crippen LogP contribution in [0.2, 0.25) is 0 Å². The Hall–Kier alpha value is -2.68. The number of anilines is 1. The van der Waals surface area contributed by atoms with Gasteiger partial charge < -0.3 is 33.7 Å². The maximum absolute atomic E-state index is 10.5. The third-order valence-electron chi connectivity index (χ3n) is 5.62. The van der Waals surface area contributed by atoms with Crippen LogP contribution < -0.4 is 23.8 Å². The summed E-state index contributed by atoms with van der Waals surface area (Å²) < 4.78 is 27.5. The fourth-order valence-corrected chi connectivity index (χ4v) is 3.99. The molecule has 0 radical (unpaired) electrons. The van der Waals surface area contributed by atoms with Gasteiger partial charge in [-0.05, 0) is 24.3 Å². The number of benzene rings is 2. The van der Waals surface area contributed by atoms with E-state index in [-0.39, 0.29) is 6.61 Å². The van der Waals surface area contributed by atoms with Crippen molar-refractivity contribution in [3.8, 4) is 23.0 Å². The van der Waals surface area contributed by atoms with Crippen LogP contribution in [0.15, 0.2) is 36.4 Å². The third-order valence-corrected chi connectivity index (χ3v) is 5.62. The van der Waals surface area contributed by atoms with Gasteiger partial charge in [0, 0.05) is 38.3 Å². The Kier molecular flexibility index (Phi) is 8.84. The largest absolute Gasteiger partial charge is 0.495 e. The quantitative estimate of drug-likeness (QED) is 0.564. The second-order valence-electron chi connectivity index (χ2n) is 7.62. The third kappa shape index (κ3) is 5.76. The number of aliphatic hydroxyl groups excluding tert-OH is 1. The van der Waals surface area contributed by atoms with Crippen LogP contribution >= 0.6 is 0 Å². The average Bonchev–Trinajstić information content (AvgIpc) is 2.83. The highest BCUT2D eigenvalue weighted by Crippen LogP contribution is 2.40. The van der Waals surface area contributed by atoms with E-state index in [4.69, 9.17) is 23.7 Å². The molecule has 1 aliphatic heterocycles. The minimum Gasteiger partial charge on any atom is -0.495 e. The molecule has 1 saturated heterocycles. The zero-order chi connectivity index (χ0) is 22.9. The van der Waals surface area contributed by atoms with Gasteiger partial charge in [-0.25, -0.2) is 0 Å². The van der Waals surface area contributed by atoms with E-state index >= 15 is 0 Å². The van der Waals surface area contributed by atoms with E-state index in [1.807, 2.05) is 30.3 Å². The maximum atomic E-state index is 10.5. The molecule has 3 rings (SSSR count). The van der Waals surface area contributed by atoms with Gasteiger partial charge >= 0.3 is 0 Å². The molecule has 176 valence electrons. The number of β-amino-alcohol motifs (C(OH)–C–C–N with tert-alkyl or cyclic N) is 1. The minimum atomic E-state index is -0.570. The van der Waals surface area contributed by atoms with Crippen molar-refractivity contribution in [2.75, 3.05) is 72.7 Å². The first kappa shape index (κ1) is 24.0. The standard InChI is InChI=1S/C24H34N2O6/c1-28-21-8-6-5-7-20(21)26-13-11-25(12-14-26)15-19(27)17-32-16-18-9-10-22(29-2)24(31-4)23(18)30-3/h5-10,19,27H,11-17H2,1-4H3. The van der Waals surface area contributed by atoms with Crippen LogP contribution in [0, 0.1) is 0 Å². The number of hydrogen-bond acceptors (Lipinski definition) is 8. The van der Waals surface area contributed by atoms with Crippen molar-refractivity contribution in [2.45, 2.75) is 12.7 Å². The van der Waals surface area contributed by atoms with Crippen molar-refractivity contribution in [1.29, 1.82) is 0 Å². The molecule has 32 heavy (non-hydrogen) atoms. The molecule has 1 heterocycles. The number of rotatable bonds is 11. The summed E-state index contributed by atoms with van der Waals surface area (Å²) >= 11 is 0. The van der Waals surface area contributed by atoms with Gasteiger partial charge in [0.05, 0.1) is 53.4 Å². The highest BCUT2D eigenvalue weighted by atomic mass is 16.5. The molecule has 1 unspecified atom stereocenters. The lowest BCUT2D eigenvalue weighted by Gasteiger charge is -2.37. The van der Waals surface area contributed by atoms with E-state index in [1.165, 1.54) is 0 Å². The Bertz CT molecular complexity index is 854. The van der Waals surface area contributed by atoms with Crippen molar-refractivity contribution in [3.63, 3.8) is 0 Å². The van der Waals surface area contributed by atoms with Crippen LogP contribution in [0.5, 0.6) is 23.0 Å². The lowest BCUT2D eigenvalue weighted by atomic mass is 10.2. The molecule has 8 nitrogen and oxygen atoms in total. The maximum Gasteiger partial charge on any atom is 0.203 e. The van der Waals surface area contributed by atoms with Crippen molar-refractivity contribution < 1.29 is 28.8 Å². The van der Waals surface area contributed by atoms with E-state index in [0.717, 1.165) is 43.2 Å². The zero-order valence-corrected chi connectivity index (χ0v) is 19.4. The van der Waals surface area contributed by atoms with Gasteiger partial charge in [-0.3, -0.25) is 4.90 Å². The molecule has 8 heteroatoms. The number of ether oxygens (including phenoxy) is 5. The molecule has 0 spiro atoms. The first-order valence-electron chi connectivity index (χ1n) is 10.7. The van der Waals surface area contributed by atoms with Crippen molar-refractivity contribution in [1.82, 2.24) is 4.90 Å². The molecule has 1 N–H and O–H groups in total. The van der Waals surface area contributed by atoms with Crippen LogP contribution in [-0.4, -0.2) is 83.9 Å². The summed E-state index contributed by atoms with van der Waals surface area (Å²) in [6, 6.07) is 11.8. The Morgan fingerprint density at radius 2 is 1.50 bits per heavy atom. The van der Waals surface area contributed by atoms with E-state index in [1.54, 1.807) is 28.4 Å². The Morgan fingerprint density at radius 1 is 0.812 bits per heavy atom. The molecule has 0 aromatic heterocycles. The molecule has 0 bridgehead atoms. The topological polar surface area (TPSA) is 72.9 Å². The summed E-state index contributed by atoms with van der Waals surface area (Å²) in [5.74, 6) is 2.60. The first-order valence-corrected chi connectivity index (χ1v) is 10.7. The SMILES string of the molecule is COc1ccccc1N1CCN(CC(O)COCc2ccc(OC)c(OC)c2OC)CC1. The predicted octanol–water partition coefficient (Wildman–Crippen LogP) is 2.42.